The molecule has 0 amide bonds. The van der Waals surface area contributed by atoms with E-state index in [4.69, 9.17) is 4.99 Å². The summed E-state index contributed by atoms with van der Waals surface area (Å²) in [4.78, 5) is 6.23. The van der Waals surface area contributed by atoms with E-state index >= 15 is 0 Å². The van der Waals surface area contributed by atoms with Crippen molar-refractivity contribution < 1.29 is 5.11 Å². The summed E-state index contributed by atoms with van der Waals surface area (Å²) >= 11 is 1.80. The molecule has 138 valence electrons. The standard InChI is InChI=1S/C18H31N3OS.HI/c1-2-19-17(20-12-8-16-7-6-14-23-16)21-15-18(11-13-22)9-4-3-5-10-18;/h6-7,14,22H,2-5,8-13,15H2,1H3,(H2,19,20,21);1H. The fourth-order valence-electron chi connectivity index (χ4n) is 3.37. The van der Waals surface area contributed by atoms with Crippen LogP contribution in [0.25, 0.3) is 0 Å². The van der Waals surface area contributed by atoms with E-state index in [1.165, 1.54) is 37.0 Å². The van der Waals surface area contributed by atoms with Gasteiger partial charge in [-0.15, -0.1) is 35.3 Å². The van der Waals surface area contributed by atoms with Gasteiger partial charge in [-0.1, -0.05) is 25.3 Å². The van der Waals surface area contributed by atoms with E-state index in [2.05, 4.69) is 35.1 Å². The molecule has 6 heteroatoms. The molecule has 0 radical (unpaired) electrons. The first-order valence-corrected chi connectivity index (χ1v) is 9.81. The van der Waals surface area contributed by atoms with Crippen LogP contribution >= 0.6 is 35.3 Å². The molecule has 0 bridgehead atoms. The van der Waals surface area contributed by atoms with E-state index in [0.717, 1.165) is 38.4 Å². The molecule has 1 heterocycles. The van der Waals surface area contributed by atoms with Gasteiger partial charge in [0.1, 0.15) is 0 Å². The Balaban J connectivity index is 0.00000288. The summed E-state index contributed by atoms with van der Waals surface area (Å²) in [7, 11) is 0. The summed E-state index contributed by atoms with van der Waals surface area (Å²) in [5.74, 6) is 0.909. The van der Waals surface area contributed by atoms with Gasteiger partial charge in [-0.25, -0.2) is 0 Å². The van der Waals surface area contributed by atoms with Crippen LogP contribution in [0.1, 0.15) is 50.3 Å². The summed E-state index contributed by atoms with van der Waals surface area (Å²) in [6.07, 6.45) is 8.19. The molecule has 0 saturated heterocycles. The second kappa shape index (κ2) is 12.1. The third kappa shape index (κ3) is 7.27. The van der Waals surface area contributed by atoms with Crippen molar-refractivity contribution in [1.29, 1.82) is 0 Å². The van der Waals surface area contributed by atoms with Crippen LogP contribution in [0.4, 0.5) is 0 Å². The maximum absolute atomic E-state index is 9.42. The van der Waals surface area contributed by atoms with Crippen LogP contribution < -0.4 is 10.6 Å². The van der Waals surface area contributed by atoms with Gasteiger partial charge < -0.3 is 15.7 Å². The van der Waals surface area contributed by atoms with Crippen LogP contribution in [-0.2, 0) is 6.42 Å². The zero-order valence-corrected chi connectivity index (χ0v) is 17.9. The Morgan fingerprint density at radius 3 is 2.71 bits per heavy atom. The second-order valence-corrected chi connectivity index (χ2v) is 7.52. The molecule has 0 unspecified atom stereocenters. The van der Waals surface area contributed by atoms with E-state index in [9.17, 15) is 5.11 Å². The number of rotatable bonds is 8. The lowest BCUT2D eigenvalue weighted by Gasteiger charge is -2.35. The molecule has 1 aromatic heterocycles. The van der Waals surface area contributed by atoms with Crippen LogP contribution in [0.2, 0.25) is 0 Å². The number of halogens is 1. The Hall–Kier alpha value is -0.340. The van der Waals surface area contributed by atoms with Crippen LogP contribution in [0.15, 0.2) is 22.5 Å². The van der Waals surface area contributed by atoms with Crippen LogP contribution in [-0.4, -0.2) is 37.3 Å². The van der Waals surface area contributed by atoms with E-state index in [1.807, 2.05) is 0 Å². The van der Waals surface area contributed by atoms with Gasteiger partial charge >= 0.3 is 0 Å². The quantitative estimate of drug-likeness (QED) is 0.311. The number of hydrogen-bond donors (Lipinski definition) is 3. The van der Waals surface area contributed by atoms with Gasteiger partial charge in [-0.05, 0) is 49.5 Å². The molecule has 0 atom stereocenters. The molecule has 4 nitrogen and oxygen atoms in total. The minimum absolute atomic E-state index is 0. The number of nitrogens with zero attached hydrogens (tertiary/aromatic N) is 1. The summed E-state index contributed by atoms with van der Waals surface area (Å²) < 4.78 is 0. The lowest BCUT2D eigenvalue weighted by Crippen LogP contribution is -2.40. The average Bonchev–Trinajstić information content (AvgIpc) is 3.07. The molecule has 1 aliphatic rings. The van der Waals surface area contributed by atoms with E-state index in [-0.39, 0.29) is 36.0 Å². The number of guanidine groups is 1. The summed E-state index contributed by atoms with van der Waals surface area (Å²) in [6, 6.07) is 4.27. The van der Waals surface area contributed by atoms with Gasteiger partial charge in [-0.3, -0.25) is 4.99 Å². The fraction of sp³-hybridized carbons (Fsp3) is 0.722. The van der Waals surface area contributed by atoms with E-state index < -0.39 is 0 Å². The molecule has 2 rings (SSSR count). The first kappa shape index (κ1) is 21.7. The monoisotopic (exact) mass is 465 g/mol. The van der Waals surface area contributed by atoms with Crippen molar-refractivity contribution in [2.45, 2.75) is 51.9 Å². The maximum Gasteiger partial charge on any atom is 0.191 e. The number of thiophene rings is 1. The molecular formula is C18H32IN3OS. The first-order valence-electron chi connectivity index (χ1n) is 8.93. The minimum Gasteiger partial charge on any atom is -0.396 e. The highest BCUT2D eigenvalue weighted by molar-refractivity contribution is 14.0. The van der Waals surface area contributed by atoms with Crippen molar-refractivity contribution in [2.24, 2.45) is 10.4 Å². The van der Waals surface area contributed by atoms with Crippen molar-refractivity contribution in [1.82, 2.24) is 10.6 Å². The molecule has 24 heavy (non-hydrogen) atoms. The van der Waals surface area contributed by atoms with Gasteiger partial charge in [0.2, 0.25) is 0 Å². The molecule has 0 spiro atoms. The first-order chi connectivity index (χ1) is 11.3. The van der Waals surface area contributed by atoms with Crippen molar-refractivity contribution >= 4 is 41.3 Å². The SMILES string of the molecule is CCNC(=NCC1(CCO)CCCCC1)NCCc1cccs1.I. The molecule has 3 N–H and O–H groups in total. The van der Waals surface area contributed by atoms with E-state index in [0.29, 0.717) is 0 Å². The molecular weight excluding hydrogens is 433 g/mol. The number of hydrogen-bond acceptors (Lipinski definition) is 3. The van der Waals surface area contributed by atoms with Crippen molar-refractivity contribution in [3.05, 3.63) is 22.4 Å². The van der Waals surface area contributed by atoms with Gasteiger partial charge in [0.05, 0.1) is 0 Å². The lowest BCUT2D eigenvalue weighted by atomic mass is 9.72. The number of aliphatic hydroxyl groups excluding tert-OH is 1. The number of nitrogens with one attached hydrogen (secondary N) is 2. The molecule has 0 aromatic carbocycles. The molecule has 0 aliphatic heterocycles. The van der Waals surface area contributed by atoms with Crippen LogP contribution in [0, 0.1) is 5.41 Å². The molecule has 1 aliphatic carbocycles. The zero-order valence-electron chi connectivity index (χ0n) is 14.7. The van der Waals surface area contributed by atoms with Crippen molar-refractivity contribution in [3.63, 3.8) is 0 Å². The normalized spacial score (nSPS) is 17.2. The van der Waals surface area contributed by atoms with Crippen molar-refractivity contribution in [3.8, 4) is 0 Å². The summed E-state index contributed by atoms with van der Waals surface area (Å²) in [6.45, 7) is 4.97. The highest BCUT2D eigenvalue weighted by Crippen LogP contribution is 2.39. The zero-order chi connectivity index (χ0) is 16.4. The molecule has 1 saturated carbocycles. The molecule has 1 fully saturated rings. The predicted octanol–water partition coefficient (Wildman–Crippen LogP) is 3.80. The number of aliphatic imine (C=N–C) groups is 1. The Labute approximate surface area is 167 Å². The Morgan fingerprint density at radius 1 is 1.29 bits per heavy atom. The maximum atomic E-state index is 9.42. The topological polar surface area (TPSA) is 56.7 Å². The molecule has 1 aromatic rings. The summed E-state index contributed by atoms with van der Waals surface area (Å²) in [5, 5.41) is 18.3. The van der Waals surface area contributed by atoms with Gasteiger partial charge in [0.15, 0.2) is 5.96 Å². The smallest absolute Gasteiger partial charge is 0.191 e. The fourth-order valence-corrected chi connectivity index (χ4v) is 4.08. The van der Waals surface area contributed by atoms with Gasteiger partial charge in [0, 0.05) is 31.1 Å². The Kier molecular flexibility index (Phi) is 10.9. The van der Waals surface area contributed by atoms with E-state index in [1.54, 1.807) is 11.3 Å². The highest BCUT2D eigenvalue weighted by atomic mass is 127. The van der Waals surface area contributed by atoms with Crippen LogP contribution in [0.3, 0.4) is 0 Å². The summed E-state index contributed by atoms with van der Waals surface area (Å²) in [5.41, 5.74) is 0.211. The van der Waals surface area contributed by atoms with Crippen LogP contribution in [0.5, 0.6) is 0 Å². The van der Waals surface area contributed by atoms with Gasteiger partial charge in [0.25, 0.3) is 0 Å². The Bertz CT molecular complexity index is 453. The number of aliphatic hydroxyl groups is 1. The third-order valence-corrected chi connectivity index (χ3v) is 5.65. The minimum atomic E-state index is 0. The highest BCUT2D eigenvalue weighted by Gasteiger charge is 2.31. The average molecular weight is 465 g/mol. The second-order valence-electron chi connectivity index (χ2n) is 6.49. The Morgan fingerprint density at radius 2 is 2.08 bits per heavy atom. The largest absolute Gasteiger partial charge is 0.396 e. The van der Waals surface area contributed by atoms with Crippen molar-refractivity contribution in [2.75, 3.05) is 26.2 Å². The van der Waals surface area contributed by atoms with Gasteiger partial charge in [-0.2, -0.15) is 0 Å². The third-order valence-electron chi connectivity index (χ3n) is 4.72. The lowest BCUT2D eigenvalue weighted by molar-refractivity contribution is 0.137. The predicted molar refractivity (Wildman–Crippen MR) is 115 cm³/mol.